The minimum absolute atomic E-state index is 0.119. The van der Waals surface area contributed by atoms with E-state index in [2.05, 4.69) is 52.5 Å². The number of rotatable bonds is 6. The third-order valence-electron chi connectivity index (χ3n) is 5.67. The van der Waals surface area contributed by atoms with Gasteiger partial charge in [-0.25, -0.2) is 0 Å². The van der Waals surface area contributed by atoms with Crippen LogP contribution in [-0.4, -0.2) is 50.1 Å². The molecule has 1 saturated heterocycles. The van der Waals surface area contributed by atoms with Crippen LogP contribution < -0.4 is 15.0 Å². The van der Waals surface area contributed by atoms with Gasteiger partial charge in [-0.15, -0.1) is 0 Å². The summed E-state index contributed by atoms with van der Waals surface area (Å²) >= 11 is 0. The predicted molar refractivity (Wildman–Crippen MR) is 122 cm³/mol. The highest BCUT2D eigenvalue weighted by atomic mass is 16.5. The molecule has 5 heteroatoms. The lowest BCUT2D eigenvalue weighted by Gasteiger charge is -2.34. The van der Waals surface area contributed by atoms with Gasteiger partial charge in [0.25, 0.3) is 5.91 Å². The second-order valence-corrected chi connectivity index (χ2v) is 7.94. The number of carbonyl (C=O) groups is 1. The third kappa shape index (κ3) is 4.92. The zero-order valence-corrected chi connectivity index (χ0v) is 17.7. The number of piperazine rings is 1. The maximum Gasteiger partial charge on any atom is 0.261 e. The summed E-state index contributed by atoms with van der Waals surface area (Å²) in [7, 11) is 2.16. The number of hydrogen-bond acceptors (Lipinski definition) is 4. The van der Waals surface area contributed by atoms with Gasteiger partial charge in [-0.05, 0) is 54.6 Å². The first-order valence-corrected chi connectivity index (χ1v) is 10.5. The van der Waals surface area contributed by atoms with Crippen LogP contribution in [0.1, 0.15) is 12.5 Å². The van der Waals surface area contributed by atoms with Crippen molar-refractivity contribution in [2.75, 3.05) is 38.1 Å². The summed E-state index contributed by atoms with van der Waals surface area (Å²) < 4.78 is 5.86. The Bertz CT molecular complexity index is 995. The van der Waals surface area contributed by atoms with Crippen molar-refractivity contribution in [2.45, 2.75) is 19.6 Å². The number of hydrogen-bond donors (Lipinski definition) is 1. The number of amides is 1. The van der Waals surface area contributed by atoms with Gasteiger partial charge in [0.15, 0.2) is 6.10 Å². The zero-order chi connectivity index (χ0) is 20.9. The van der Waals surface area contributed by atoms with Crippen molar-refractivity contribution in [1.82, 2.24) is 10.2 Å². The Kier molecular flexibility index (Phi) is 6.19. The quantitative estimate of drug-likeness (QED) is 0.682. The molecule has 30 heavy (non-hydrogen) atoms. The number of anilines is 1. The molecule has 5 nitrogen and oxygen atoms in total. The molecule has 0 spiro atoms. The number of nitrogens with one attached hydrogen (secondary N) is 1. The Labute approximate surface area is 178 Å². The van der Waals surface area contributed by atoms with Crippen LogP contribution in [0.3, 0.4) is 0 Å². The standard InChI is InChI=1S/C25H29N3O2/c1-19(30-24-12-9-21-5-3-4-6-22(21)17-24)25(29)26-18-20-7-10-23(11-8-20)28-15-13-27(2)14-16-28/h3-12,17,19H,13-16,18H2,1-2H3,(H,26,29)/t19-/m0/s1. The van der Waals surface area contributed by atoms with Crippen LogP contribution in [0.4, 0.5) is 5.69 Å². The van der Waals surface area contributed by atoms with Crippen molar-refractivity contribution in [1.29, 1.82) is 0 Å². The van der Waals surface area contributed by atoms with Crippen molar-refractivity contribution >= 4 is 22.4 Å². The molecule has 1 N–H and O–H groups in total. The Hall–Kier alpha value is -3.05. The second kappa shape index (κ2) is 9.18. The maximum atomic E-state index is 12.5. The zero-order valence-electron chi connectivity index (χ0n) is 17.7. The van der Waals surface area contributed by atoms with Gasteiger partial charge in [-0.2, -0.15) is 0 Å². The van der Waals surface area contributed by atoms with Gasteiger partial charge in [-0.3, -0.25) is 4.79 Å². The molecule has 1 amide bonds. The van der Waals surface area contributed by atoms with Gasteiger partial charge in [0.05, 0.1) is 0 Å². The van der Waals surface area contributed by atoms with Gasteiger partial charge in [-0.1, -0.05) is 42.5 Å². The largest absolute Gasteiger partial charge is 0.481 e. The van der Waals surface area contributed by atoms with Crippen LogP contribution in [0.2, 0.25) is 0 Å². The first kappa shape index (κ1) is 20.2. The van der Waals surface area contributed by atoms with Gasteiger partial charge >= 0.3 is 0 Å². The number of nitrogens with zero attached hydrogens (tertiary/aromatic N) is 2. The van der Waals surface area contributed by atoms with Crippen LogP contribution in [0.5, 0.6) is 5.75 Å². The minimum Gasteiger partial charge on any atom is -0.481 e. The summed E-state index contributed by atoms with van der Waals surface area (Å²) in [5, 5.41) is 5.23. The minimum atomic E-state index is -0.559. The van der Waals surface area contributed by atoms with Gasteiger partial charge in [0, 0.05) is 38.4 Å². The topological polar surface area (TPSA) is 44.8 Å². The molecule has 1 aliphatic heterocycles. The monoisotopic (exact) mass is 403 g/mol. The molecule has 1 heterocycles. The molecule has 1 fully saturated rings. The van der Waals surface area contributed by atoms with E-state index in [4.69, 9.17) is 4.74 Å². The van der Waals surface area contributed by atoms with Crippen molar-refractivity contribution in [3.63, 3.8) is 0 Å². The van der Waals surface area contributed by atoms with Crippen LogP contribution >= 0.6 is 0 Å². The van der Waals surface area contributed by atoms with Crippen LogP contribution in [0, 0.1) is 0 Å². The number of fused-ring (bicyclic) bond motifs is 1. The molecule has 1 atom stereocenters. The van der Waals surface area contributed by atoms with Gasteiger partial charge in [0.2, 0.25) is 0 Å². The first-order chi connectivity index (χ1) is 14.6. The lowest BCUT2D eigenvalue weighted by atomic mass is 10.1. The van der Waals surface area contributed by atoms with E-state index in [1.807, 2.05) is 36.4 Å². The van der Waals surface area contributed by atoms with Gasteiger partial charge < -0.3 is 19.9 Å². The molecule has 1 aliphatic rings. The van der Waals surface area contributed by atoms with E-state index in [0.29, 0.717) is 12.3 Å². The summed E-state index contributed by atoms with van der Waals surface area (Å²) in [6.07, 6.45) is -0.559. The molecule has 0 saturated carbocycles. The highest BCUT2D eigenvalue weighted by molar-refractivity contribution is 5.84. The van der Waals surface area contributed by atoms with E-state index in [9.17, 15) is 4.79 Å². The number of benzene rings is 3. The summed E-state index contributed by atoms with van der Waals surface area (Å²) in [6, 6.07) is 22.4. The molecule has 0 aliphatic carbocycles. The Balaban J connectivity index is 1.29. The smallest absolute Gasteiger partial charge is 0.261 e. The molecular formula is C25H29N3O2. The van der Waals surface area contributed by atoms with Gasteiger partial charge in [0.1, 0.15) is 5.75 Å². The van der Waals surface area contributed by atoms with E-state index in [1.54, 1.807) is 6.92 Å². The molecule has 156 valence electrons. The number of likely N-dealkylation sites (N-methyl/N-ethyl adjacent to an activating group) is 1. The molecule has 0 unspecified atom stereocenters. The lowest BCUT2D eigenvalue weighted by Crippen LogP contribution is -2.44. The molecule has 0 radical (unpaired) electrons. The van der Waals surface area contributed by atoms with Crippen LogP contribution in [0.25, 0.3) is 10.8 Å². The van der Waals surface area contributed by atoms with Crippen molar-refractivity contribution in [3.8, 4) is 5.75 Å². The third-order valence-corrected chi connectivity index (χ3v) is 5.67. The average Bonchev–Trinajstić information content (AvgIpc) is 2.78. The van der Waals surface area contributed by atoms with E-state index >= 15 is 0 Å². The molecule has 4 rings (SSSR count). The summed E-state index contributed by atoms with van der Waals surface area (Å²) in [4.78, 5) is 17.2. The van der Waals surface area contributed by atoms with E-state index in [1.165, 1.54) is 5.69 Å². The fraction of sp³-hybridized carbons (Fsp3) is 0.320. The van der Waals surface area contributed by atoms with Crippen molar-refractivity contribution in [3.05, 3.63) is 72.3 Å². The number of ether oxygens (including phenoxy) is 1. The molecule has 3 aromatic rings. The fourth-order valence-electron chi connectivity index (χ4n) is 3.72. The van der Waals surface area contributed by atoms with E-state index < -0.39 is 6.10 Å². The summed E-state index contributed by atoms with van der Waals surface area (Å²) in [6.45, 7) is 6.56. The molecule has 0 bridgehead atoms. The maximum absolute atomic E-state index is 12.5. The highest BCUT2D eigenvalue weighted by Gasteiger charge is 2.16. The Morgan fingerprint density at radius 3 is 2.40 bits per heavy atom. The Morgan fingerprint density at radius 2 is 1.67 bits per heavy atom. The highest BCUT2D eigenvalue weighted by Crippen LogP contribution is 2.21. The first-order valence-electron chi connectivity index (χ1n) is 10.5. The number of carbonyl (C=O) groups excluding carboxylic acids is 1. The SMILES string of the molecule is C[C@H](Oc1ccc2ccccc2c1)C(=O)NCc1ccc(N2CCN(C)CC2)cc1. The molecular weight excluding hydrogens is 374 g/mol. The van der Waals surface area contributed by atoms with E-state index in [0.717, 1.165) is 42.5 Å². The van der Waals surface area contributed by atoms with E-state index in [-0.39, 0.29) is 5.91 Å². The summed E-state index contributed by atoms with van der Waals surface area (Å²) in [5.74, 6) is 0.583. The van der Waals surface area contributed by atoms with Crippen molar-refractivity contribution < 1.29 is 9.53 Å². The van der Waals surface area contributed by atoms with Crippen LogP contribution in [-0.2, 0) is 11.3 Å². The fourth-order valence-corrected chi connectivity index (χ4v) is 3.72. The average molecular weight is 404 g/mol. The summed E-state index contributed by atoms with van der Waals surface area (Å²) in [5.41, 5.74) is 2.32. The molecule has 3 aromatic carbocycles. The Morgan fingerprint density at radius 1 is 0.967 bits per heavy atom. The second-order valence-electron chi connectivity index (χ2n) is 7.94. The molecule has 0 aromatic heterocycles. The van der Waals surface area contributed by atoms with Crippen molar-refractivity contribution in [2.24, 2.45) is 0 Å². The predicted octanol–water partition coefficient (Wildman–Crippen LogP) is 3.68. The normalized spacial score (nSPS) is 15.7. The van der Waals surface area contributed by atoms with Crippen LogP contribution in [0.15, 0.2) is 66.7 Å². The lowest BCUT2D eigenvalue weighted by molar-refractivity contribution is -0.127.